The second-order valence-electron chi connectivity index (χ2n) is 6.34. The van der Waals surface area contributed by atoms with E-state index < -0.39 is 6.10 Å². The SMILES string of the molecule is CO[C@@H]([C@@H]1CCCN1)[C@@H](C)C(=O)N[C@@H](C)[C@H](O)c1ccccc1. The molecule has 1 fully saturated rings. The molecule has 1 heterocycles. The van der Waals surface area contributed by atoms with Crippen LogP contribution in [0.1, 0.15) is 38.4 Å². The van der Waals surface area contributed by atoms with Crippen molar-refractivity contribution in [3.05, 3.63) is 35.9 Å². The van der Waals surface area contributed by atoms with Crippen LogP contribution in [0.2, 0.25) is 0 Å². The molecule has 2 rings (SSSR count). The van der Waals surface area contributed by atoms with Gasteiger partial charge in [0, 0.05) is 13.2 Å². The molecule has 0 bridgehead atoms. The summed E-state index contributed by atoms with van der Waals surface area (Å²) in [7, 11) is 1.65. The maximum Gasteiger partial charge on any atom is 0.225 e. The van der Waals surface area contributed by atoms with Crippen LogP contribution in [0.25, 0.3) is 0 Å². The third-order valence-electron chi connectivity index (χ3n) is 4.66. The average molecular weight is 320 g/mol. The van der Waals surface area contributed by atoms with Crippen molar-refractivity contribution < 1.29 is 14.6 Å². The summed E-state index contributed by atoms with van der Waals surface area (Å²) in [5.41, 5.74) is 0.800. The Kier molecular flexibility index (Phi) is 6.57. The molecule has 0 spiro atoms. The Labute approximate surface area is 138 Å². The van der Waals surface area contributed by atoms with E-state index in [0.717, 1.165) is 24.9 Å². The van der Waals surface area contributed by atoms with Crippen LogP contribution in [0.15, 0.2) is 30.3 Å². The Balaban J connectivity index is 1.94. The monoisotopic (exact) mass is 320 g/mol. The standard InChI is InChI=1S/C18H28N2O3/c1-12(17(23-3)15-10-7-11-19-15)18(22)20-13(2)16(21)14-8-5-4-6-9-14/h4-6,8-9,12-13,15-17,19,21H,7,10-11H2,1-3H3,(H,20,22)/t12-,13+,15+,16+,17-/m1/s1. The van der Waals surface area contributed by atoms with Gasteiger partial charge in [0.05, 0.1) is 24.2 Å². The second kappa shape index (κ2) is 8.43. The number of nitrogens with one attached hydrogen (secondary N) is 2. The molecule has 1 aromatic rings. The van der Waals surface area contributed by atoms with Crippen molar-refractivity contribution in [2.24, 2.45) is 5.92 Å². The molecule has 3 N–H and O–H groups in total. The van der Waals surface area contributed by atoms with Crippen molar-refractivity contribution in [3.8, 4) is 0 Å². The molecule has 5 heteroatoms. The van der Waals surface area contributed by atoms with Crippen LogP contribution in [-0.4, -0.2) is 42.9 Å². The highest BCUT2D eigenvalue weighted by molar-refractivity contribution is 5.79. The lowest BCUT2D eigenvalue weighted by Crippen LogP contribution is -2.48. The highest BCUT2D eigenvalue weighted by Crippen LogP contribution is 2.20. The van der Waals surface area contributed by atoms with Crippen molar-refractivity contribution in [2.75, 3.05) is 13.7 Å². The fourth-order valence-corrected chi connectivity index (χ4v) is 3.23. The summed E-state index contributed by atoms with van der Waals surface area (Å²) in [6.45, 7) is 4.67. The van der Waals surface area contributed by atoms with E-state index >= 15 is 0 Å². The van der Waals surface area contributed by atoms with Crippen LogP contribution in [0.5, 0.6) is 0 Å². The highest BCUT2D eigenvalue weighted by atomic mass is 16.5. The molecule has 1 aromatic carbocycles. The number of rotatable bonds is 7. The predicted octanol–water partition coefficient (Wildman–Crippen LogP) is 1.63. The molecule has 1 saturated heterocycles. The van der Waals surface area contributed by atoms with E-state index in [2.05, 4.69) is 10.6 Å². The predicted molar refractivity (Wildman–Crippen MR) is 90.0 cm³/mol. The molecule has 128 valence electrons. The number of ether oxygens (including phenoxy) is 1. The Bertz CT molecular complexity index is 488. The van der Waals surface area contributed by atoms with E-state index in [-0.39, 0.29) is 30.0 Å². The molecule has 1 aliphatic rings. The summed E-state index contributed by atoms with van der Waals surface area (Å²) in [5, 5.41) is 16.7. The topological polar surface area (TPSA) is 70.6 Å². The minimum atomic E-state index is -0.724. The fourth-order valence-electron chi connectivity index (χ4n) is 3.23. The van der Waals surface area contributed by atoms with Gasteiger partial charge in [-0.05, 0) is 31.9 Å². The number of methoxy groups -OCH3 is 1. The molecule has 1 amide bonds. The van der Waals surface area contributed by atoms with Gasteiger partial charge in [-0.3, -0.25) is 4.79 Å². The second-order valence-corrected chi connectivity index (χ2v) is 6.34. The number of carbonyl (C=O) groups excluding carboxylic acids is 1. The number of carbonyl (C=O) groups is 1. The Morgan fingerprint density at radius 2 is 2.04 bits per heavy atom. The quantitative estimate of drug-likeness (QED) is 0.714. The lowest BCUT2D eigenvalue weighted by atomic mass is 9.94. The maximum atomic E-state index is 12.5. The summed E-state index contributed by atoms with van der Waals surface area (Å²) < 4.78 is 5.56. The van der Waals surface area contributed by atoms with E-state index in [4.69, 9.17) is 4.74 Å². The number of benzene rings is 1. The Morgan fingerprint density at radius 1 is 1.35 bits per heavy atom. The van der Waals surface area contributed by atoms with E-state index in [1.54, 1.807) is 7.11 Å². The molecule has 0 unspecified atom stereocenters. The summed E-state index contributed by atoms with van der Waals surface area (Å²) in [5.74, 6) is -0.367. The van der Waals surface area contributed by atoms with Crippen molar-refractivity contribution in [3.63, 3.8) is 0 Å². The first-order valence-electron chi connectivity index (χ1n) is 8.34. The van der Waals surface area contributed by atoms with Gasteiger partial charge in [0.15, 0.2) is 0 Å². The Morgan fingerprint density at radius 3 is 2.61 bits per heavy atom. The molecule has 1 aliphatic heterocycles. The third kappa shape index (κ3) is 4.53. The molecule has 0 aliphatic carbocycles. The zero-order valence-electron chi connectivity index (χ0n) is 14.2. The molecular formula is C18H28N2O3. The van der Waals surface area contributed by atoms with Crippen molar-refractivity contribution in [1.82, 2.24) is 10.6 Å². The molecule has 23 heavy (non-hydrogen) atoms. The van der Waals surface area contributed by atoms with Crippen molar-refractivity contribution >= 4 is 5.91 Å². The van der Waals surface area contributed by atoms with Gasteiger partial charge in [-0.1, -0.05) is 37.3 Å². The molecular weight excluding hydrogens is 292 g/mol. The molecule has 0 aromatic heterocycles. The van der Waals surface area contributed by atoms with E-state index in [1.807, 2.05) is 44.2 Å². The third-order valence-corrected chi connectivity index (χ3v) is 4.66. The fraction of sp³-hybridized carbons (Fsp3) is 0.611. The van der Waals surface area contributed by atoms with Gasteiger partial charge in [-0.15, -0.1) is 0 Å². The molecule has 0 radical (unpaired) electrons. The minimum Gasteiger partial charge on any atom is -0.386 e. The number of amides is 1. The normalized spacial score (nSPS) is 23.0. The van der Waals surface area contributed by atoms with Gasteiger partial charge >= 0.3 is 0 Å². The molecule has 5 nitrogen and oxygen atoms in total. The van der Waals surface area contributed by atoms with E-state index in [1.165, 1.54) is 0 Å². The van der Waals surface area contributed by atoms with E-state index in [0.29, 0.717) is 0 Å². The van der Waals surface area contributed by atoms with Gasteiger partial charge < -0.3 is 20.5 Å². The van der Waals surface area contributed by atoms with Crippen LogP contribution in [0, 0.1) is 5.92 Å². The van der Waals surface area contributed by atoms with Crippen molar-refractivity contribution in [1.29, 1.82) is 0 Å². The lowest BCUT2D eigenvalue weighted by Gasteiger charge is -2.29. The van der Waals surface area contributed by atoms with Crippen LogP contribution in [-0.2, 0) is 9.53 Å². The highest BCUT2D eigenvalue weighted by Gasteiger charge is 2.33. The van der Waals surface area contributed by atoms with Crippen molar-refractivity contribution in [2.45, 2.75) is 51.0 Å². The van der Waals surface area contributed by atoms with Crippen LogP contribution in [0.4, 0.5) is 0 Å². The summed E-state index contributed by atoms with van der Waals surface area (Å²) >= 11 is 0. The van der Waals surface area contributed by atoms with Crippen LogP contribution in [0.3, 0.4) is 0 Å². The van der Waals surface area contributed by atoms with Gasteiger partial charge in [-0.25, -0.2) is 0 Å². The van der Waals surface area contributed by atoms with Gasteiger partial charge in [0.25, 0.3) is 0 Å². The first-order valence-corrected chi connectivity index (χ1v) is 8.34. The molecule has 0 saturated carbocycles. The van der Waals surface area contributed by atoms with Gasteiger partial charge in [0.2, 0.25) is 5.91 Å². The Hall–Kier alpha value is -1.43. The van der Waals surface area contributed by atoms with E-state index in [9.17, 15) is 9.90 Å². The lowest BCUT2D eigenvalue weighted by molar-refractivity contribution is -0.131. The van der Waals surface area contributed by atoms with Gasteiger partial charge in [-0.2, -0.15) is 0 Å². The number of hydrogen-bond acceptors (Lipinski definition) is 4. The summed E-state index contributed by atoms with van der Waals surface area (Å²) in [6.07, 6.45) is 1.26. The smallest absolute Gasteiger partial charge is 0.225 e. The summed E-state index contributed by atoms with van der Waals surface area (Å²) in [6, 6.07) is 9.23. The molecule has 5 atom stereocenters. The zero-order valence-corrected chi connectivity index (χ0v) is 14.2. The minimum absolute atomic E-state index is 0.0898. The maximum absolute atomic E-state index is 12.5. The number of aliphatic hydroxyl groups is 1. The zero-order chi connectivity index (χ0) is 16.8. The first kappa shape index (κ1) is 17.9. The number of hydrogen-bond donors (Lipinski definition) is 3. The van der Waals surface area contributed by atoms with Crippen LogP contribution < -0.4 is 10.6 Å². The number of aliphatic hydroxyl groups excluding tert-OH is 1. The summed E-state index contributed by atoms with van der Waals surface area (Å²) in [4.78, 5) is 12.5. The first-order chi connectivity index (χ1) is 11.0. The average Bonchev–Trinajstić information content (AvgIpc) is 3.09. The van der Waals surface area contributed by atoms with Gasteiger partial charge in [0.1, 0.15) is 0 Å². The van der Waals surface area contributed by atoms with Crippen LogP contribution >= 0.6 is 0 Å². The largest absolute Gasteiger partial charge is 0.386 e.